The number of nitrogens with zero attached hydrogens (tertiary/aromatic N) is 1. The minimum atomic E-state index is -4.79. The number of hydrogen-bond acceptors (Lipinski definition) is 6. The highest BCUT2D eigenvalue weighted by molar-refractivity contribution is 7.52. The first kappa shape index (κ1) is 20.6. The molecule has 13 heteroatoms. The summed E-state index contributed by atoms with van der Waals surface area (Å²) in [6.45, 7) is 0. The standard InChI is InChI=1S/C11H17NO10P2/c13-9-2-1-7(4-10(9)14)3-8(11(15)16)12(5-23(17,18)19)6-24(20,21)22/h1-2,4,8,13-14H,3,5-6H2,(H,15,16)(H2,17,18,19)(H2,20,21,22)/t8-/m0/s1. The largest absolute Gasteiger partial charge is 0.504 e. The molecule has 7 N–H and O–H groups in total. The van der Waals surface area contributed by atoms with Gasteiger partial charge in [-0.3, -0.25) is 18.8 Å². The number of phenols is 2. The van der Waals surface area contributed by atoms with E-state index in [1.165, 1.54) is 6.07 Å². The predicted molar refractivity (Wildman–Crippen MR) is 80.6 cm³/mol. The van der Waals surface area contributed by atoms with E-state index < -0.39 is 57.7 Å². The molecule has 0 saturated carbocycles. The number of hydrogen-bond donors (Lipinski definition) is 7. The topological polar surface area (TPSA) is 196 Å². The summed E-state index contributed by atoms with van der Waals surface area (Å²) in [5, 5.41) is 27.9. The first-order valence-electron chi connectivity index (χ1n) is 6.35. The molecule has 0 heterocycles. The number of benzene rings is 1. The molecule has 0 amide bonds. The highest BCUT2D eigenvalue weighted by Gasteiger charge is 2.35. The Bertz CT molecular complexity index is 672. The van der Waals surface area contributed by atoms with E-state index in [4.69, 9.17) is 19.6 Å². The fraction of sp³-hybridized carbons (Fsp3) is 0.364. The minimum absolute atomic E-state index is 0.180. The Balaban J connectivity index is 3.15. The maximum absolute atomic E-state index is 11.4. The van der Waals surface area contributed by atoms with Gasteiger partial charge in [-0.2, -0.15) is 0 Å². The van der Waals surface area contributed by atoms with Crippen molar-refractivity contribution in [1.29, 1.82) is 0 Å². The van der Waals surface area contributed by atoms with Gasteiger partial charge in [-0.15, -0.1) is 0 Å². The molecule has 0 spiro atoms. The normalized spacial score (nSPS) is 13.9. The lowest BCUT2D eigenvalue weighted by molar-refractivity contribution is -0.142. The third-order valence-electron chi connectivity index (χ3n) is 2.93. The molecule has 1 aromatic rings. The van der Waals surface area contributed by atoms with Crippen LogP contribution in [0.4, 0.5) is 0 Å². The van der Waals surface area contributed by atoms with E-state index in [0.717, 1.165) is 12.1 Å². The van der Waals surface area contributed by atoms with Crippen LogP contribution in [-0.2, 0) is 20.3 Å². The summed E-state index contributed by atoms with van der Waals surface area (Å²) in [6.07, 6.45) is -2.75. The second-order valence-corrected chi connectivity index (χ2v) is 8.31. The predicted octanol–water partition coefficient (Wildman–Crippen LogP) is -0.334. The summed E-state index contributed by atoms with van der Waals surface area (Å²) in [5.74, 6) is -2.55. The minimum Gasteiger partial charge on any atom is -0.504 e. The average molecular weight is 385 g/mol. The van der Waals surface area contributed by atoms with Gasteiger partial charge in [0.2, 0.25) is 0 Å². The third-order valence-corrected chi connectivity index (χ3v) is 4.39. The van der Waals surface area contributed by atoms with Gasteiger partial charge in [0, 0.05) is 0 Å². The Morgan fingerprint density at radius 3 is 1.88 bits per heavy atom. The smallest absolute Gasteiger partial charge is 0.339 e. The van der Waals surface area contributed by atoms with E-state index in [9.17, 15) is 29.2 Å². The first-order chi connectivity index (χ1) is 10.8. The van der Waals surface area contributed by atoms with Gasteiger partial charge in [0.15, 0.2) is 11.5 Å². The average Bonchev–Trinajstić information content (AvgIpc) is 2.35. The Labute approximate surface area is 136 Å². The van der Waals surface area contributed by atoms with Crippen molar-refractivity contribution < 1.29 is 48.8 Å². The van der Waals surface area contributed by atoms with Crippen molar-refractivity contribution in [3.8, 4) is 11.5 Å². The van der Waals surface area contributed by atoms with Crippen LogP contribution in [0.2, 0.25) is 0 Å². The van der Waals surface area contributed by atoms with Crippen LogP contribution in [0.5, 0.6) is 11.5 Å². The van der Waals surface area contributed by atoms with E-state index >= 15 is 0 Å². The van der Waals surface area contributed by atoms with Gasteiger partial charge in [0.05, 0.1) is 0 Å². The highest BCUT2D eigenvalue weighted by atomic mass is 31.2. The van der Waals surface area contributed by atoms with Crippen molar-refractivity contribution in [3.63, 3.8) is 0 Å². The fourth-order valence-corrected chi connectivity index (χ4v) is 3.71. The van der Waals surface area contributed by atoms with Gasteiger partial charge in [-0.1, -0.05) is 6.07 Å². The Kier molecular flexibility index (Phi) is 6.54. The molecule has 0 unspecified atom stereocenters. The summed E-state index contributed by atoms with van der Waals surface area (Å²) in [6, 6.07) is 1.71. The fourth-order valence-electron chi connectivity index (χ4n) is 2.01. The van der Waals surface area contributed by atoms with Crippen molar-refractivity contribution >= 4 is 21.2 Å². The molecular weight excluding hydrogens is 368 g/mol. The number of rotatable bonds is 8. The summed E-state index contributed by atoms with van der Waals surface area (Å²) in [4.78, 5) is 47.9. The van der Waals surface area contributed by atoms with Crippen molar-refractivity contribution in [2.24, 2.45) is 0 Å². The second kappa shape index (κ2) is 7.62. The lowest BCUT2D eigenvalue weighted by Gasteiger charge is -2.29. The van der Waals surface area contributed by atoms with Gasteiger partial charge >= 0.3 is 21.2 Å². The lowest BCUT2D eigenvalue weighted by atomic mass is 10.0. The van der Waals surface area contributed by atoms with Crippen molar-refractivity contribution in [2.75, 3.05) is 12.6 Å². The number of aromatic hydroxyl groups is 2. The van der Waals surface area contributed by atoms with Crippen LogP contribution in [0.1, 0.15) is 5.56 Å². The van der Waals surface area contributed by atoms with Crippen LogP contribution in [0, 0.1) is 0 Å². The Morgan fingerprint density at radius 2 is 1.50 bits per heavy atom. The number of carbonyl (C=O) groups is 1. The van der Waals surface area contributed by atoms with Gasteiger partial charge < -0.3 is 34.9 Å². The molecule has 136 valence electrons. The zero-order valence-corrected chi connectivity index (χ0v) is 13.9. The van der Waals surface area contributed by atoms with Gasteiger partial charge in [-0.25, -0.2) is 0 Å². The number of aliphatic carboxylic acids is 1. The molecule has 0 fully saturated rings. The molecule has 0 aliphatic rings. The molecule has 1 aromatic carbocycles. The molecule has 1 atom stereocenters. The van der Waals surface area contributed by atoms with E-state index in [1.54, 1.807) is 0 Å². The summed E-state index contributed by atoms with van der Waals surface area (Å²) in [5.41, 5.74) is 0.180. The SMILES string of the molecule is O=C(O)[C@H](Cc1ccc(O)c(O)c1)N(CP(=O)(O)O)CP(=O)(O)O. The Hall–Kier alpha value is -1.45. The maximum Gasteiger partial charge on any atom is 0.339 e. The Morgan fingerprint density at radius 1 is 1.00 bits per heavy atom. The first-order valence-corrected chi connectivity index (χ1v) is 9.95. The molecule has 24 heavy (non-hydrogen) atoms. The monoisotopic (exact) mass is 385 g/mol. The highest BCUT2D eigenvalue weighted by Crippen LogP contribution is 2.42. The van der Waals surface area contributed by atoms with Gasteiger partial charge in [0.25, 0.3) is 0 Å². The lowest BCUT2D eigenvalue weighted by Crippen LogP contribution is -2.43. The number of carboxylic acids is 1. The quantitative estimate of drug-likeness (QED) is 0.228. The molecule has 0 aromatic heterocycles. The van der Waals surface area contributed by atoms with Crippen molar-refractivity contribution in [2.45, 2.75) is 12.5 Å². The van der Waals surface area contributed by atoms with E-state index in [-0.39, 0.29) is 5.56 Å². The van der Waals surface area contributed by atoms with Gasteiger partial charge in [-0.05, 0) is 24.1 Å². The van der Waals surface area contributed by atoms with E-state index in [2.05, 4.69) is 0 Å². The summed E-state index contributed by atoms with van der Waals surface area (Å²) in [7, 11) is -9.59. The summed E-state index contributed by atoms with van der Waals surface area (Å²) < 4.78 is 22.3. The zero-order valence-electron chi connectivity index (χ0n) is 12.1. The van der Waals surface area contributed by atoms with Gasteiger partial charge in [0.1, 0.15) is 18.6 Å². The van der Waals surface area contributed by atoms with Crippen LogP contribution in [0.25, 0.3) is 0 Å². The third kappa shape index (κ3) is 6.98. The number of carboxylic acid groups (broad SMARTS) is 1. The molecule has 0 radical (unpaired) electrons. The van der Waals surface area contributed by atoms with Crippen LogP contribution < -0.4 is 0 Å². The van der Waals surface area contributed by atoms with Crippen LogP contribution in [0.3, 0.4) is 0 Å². The van der Waals surface area contributed by atoms with Crippen LogP contribution in [-0.4, -0.2) is 64.4 Å². The second-order valence-electron chi connectivity index (χ2n) is 5.08. The number of phenolic OH excluding ortho intramolecular Hbond substituents is 2. The van der Waals surface area contributed by atoms with E-state index in [1.807, 2.05) is 0 Å². The maximum atomic E-state index is 11.4. The molecule has 11 nitrogen and oxygen atoms in total. The van der Waals surface area contributed by atoms with E-state index in [0.29, 0.717) is 4.90 Å². The van der Waals surface area contributed by atoms with Crippen molar-refractivity contribution in [3.05, 3.63) is 23.8 Å². The summed E-state index contributed by atoms with van der Waals surface area (Å²) >= 11 is 0. The van der Waals surface area contributed by atoms with Crippen LogP contribution >= 0.6 is 15.2 Å². The zero-order chi connectivity index (χ0) is 18.7. The molecule has 0 bridgehead atoms. The molecule has 1 rings (SSSR count). The van der Waals surface area contributed by atoms with Crippen molar-refractivity contribution in [1.82, 2.24) is 4.90 Å². The molecule has 0 aliphatic heterocycles. The van der Waals surface area contributed by atoms with Crippen LogP contribution in [0.15, 0.2) is 18.2 Å². The molecular formula is C11H17NO10P2. The molecule has 0 saturated heterocycles. The molecule has 0 aliphatic carbocycles.